The molecule has 6 rings (SSSR count). The Morgan fingerprint density at radius 2 is 1.34 bits per heavy atom. The van der Waals surface area contributed by atoms with Crippen LogP contribution in [-0.2, 0) is 21.3 Å². The maximum atomic E-state index is 2.82. The molecule has 0 amide bonds. The zero-order chi connectivity index (χ0) is 26.4. The SMILES string of the molecule is CCC1=[C]([Zr](=[CH]c2cccc3ccccc23)[CH]2c3ccccc3-c3ccccc32)C(CC)C=C1C(C)(C)C. The van der Waals surface area contributed by atoms with Gasteiger partial charge in [0.25, 0.3) is 0 Å². The van der Waals surface area contributed by atoms with Gasteiger partial charge in [0, 0.05) is 0 Å². The second kappa shape index (κ2) is 10.2. The van der Waals surface area contributed by atoms with Crippen molar-refractivity contribution in [3.8, 4) is 11.1 Å². The summed E-state index contributed by atoms with van der Waals surface area (Å²) in [6.45, 7) is 12.0. The number of rotatable bonds is 5. The Bertz CT molecular complexity index is 1570. The summed E-state index contributed by atoms with van der Waals surface area (Å²) in [4.78, 5) is 0. The molecule has 0 heterocycles. The molecule has 0 aromatic heterocycles. The predicted octanol–water partition coefficient (Wildman–Crippen LogP) is 10.1. The molecule has 4 aromatic rings. The van der Waals surface area contributed by atoms with Crippen LogP contribution in [0.15, 0.2) is 111 Å². The molecule has 38 heavy (non-hydrogen) atoms. The van der Waals surface area contributed by atoms with E-state index in [1.165, 1.54) is 33.9 Å². The third-order valence-corrected chi connectivity index (χ3v) is 16.3. The second-order valence-corrected chi connectivity index (χ2v) is 17.6. The van der Waals surface area contributed by atoms with Gasteiger partial charge in [-0.05, 0) is 0 Å². The molecule has 0 N–H and O–H groups in total. The number of benzene rings is 4. The minimum atomic E-state index is -2.53. The molecule has 2 aliphatic carbocycles. The van der Waals surface area contributed by atoms with E-state index in [2.05, 4.69) is 135 Å². The molecule has 0 spiro atoms. The monoisotopic (exact) mass is 572 g/mol. The van der Waals surface area contributed by atoms with Gasteiger partial charge in [-0.15, -0.1) is 0 Å². The summed E-state index contributed by atoms with van der Waals surface area (Å²) < 4.78 is 5.16. The summed E-state index contributed by atoms with van der Waals surface area (Å²) in [6, 6.07) is 34.3. The van der Waals surface area contributed by atoms with E-state index < -0.39 is 21.3 Å². The zero-order valence-corrected chi connectivity index (χ0v) is 25.8. The Kier molecular flexibility index (Phi) is 6.86. The van der Waals surface area contributed by atoms with Gasteiger partial charge in [0.05, 0.1) is 0 Å². The van der Waals surface area contributed by atoms with E-state index in [9.17, 15) is 0 Å². The van der Waals surface area contributed by atoms with Crippen LogP contribution in [-0.4, -0.2) is 3.71 Å². The molecule has 1 atom stereocenters. The van der Waals surface area contributed by atoms with Crippen LogP contribution in [0.25, 0.3) is 21.9 Å². The molecule has 4 aromatic carbocycles. The second-order valence-electron chi connectivity index (χ2n) is 11.9. The van der Waals surface area contributed by atoms with E-state index in [0.717, 1.165) is 6.42 Å². The Hall–Kier alpha value is -2.63. The van der Waals surface area contributed by atoms with Gasteiger partial charge in [-0.2, -0.15) is 0 Å². The standard InChI is InChI=1S/C13H9.C13H21.C11H8.Zr/c1-3-7-12-10(5-1)9-11-6-2-4-8-13(11)12;1-6-10-8-11(7-2)12(9-10)13(3,4)5;1-9-5-4-7-10-6-2-3-8-11(9)10;/h1-9H;9-10H,6-7H2,1-5H3;1-8H;. The number of allylic oxidation sites excluding steroid dienone is 4. The van der Waals surface area contributed by atoms with Crippen LogP contribution in [0.5, 0.6) is 0 Å². The van der Waals surface area contributed by atoms with Gasteiger partial charge in [-0.1, -0.05) is 0 Å². The van der Waals surface area contributed by atoms with E-state index in [4.69, 9.17) is 0 Å². The van der Waals surface area contributed by atoms with Gasteiger partial charge in [-0.25, -0.2) is 0 Å². The van der Waals surface area contributed by atoms with Crippen LogP contribution in [0, 0.1) is 11.3 Å². The summed E-state index contributed by atoms with van der Waals surface area (Å²) >= 11 is -2.53. The Morgan fingerprint density at radius 3 is 1.97 bits per heavy atom. The van der Waals surface area contributed by atoms with Crippen molar-refractivity contribution in [1.29, 1.82) is 0 Å². The van der Waals surface area contributed by atoms with Crippen LogP contribution in [0.1, 0.15) is 67.8 Å². The molecule has 2 aliphatic rings. The van der Waals surface area contributed by atoms with Gasteiger partial charge in [0.2, 0.25) is 0 Å². The van der Waals surface area contributed by atoms with Crippen LogP contribution in [0.2, 0.25) is 0 Å². The fourth-order valence-electron chi connectivity index (χ4n) is 6.90. The Balaban J connectivity index is 1.68. The normalized spacial score (nSPS) is 17.7. The average Bonchev–Trinajstić information content (AvgIpc) is 3.48. The number of hydrogen-bond donors (Lipinski definition) is 0. The topological polar surface area (TPSA) is 0 Å². The van der Waals surface area contributed by atoms with Gasteiger partial charge >= 0.3 is 237 Å². The van der Waals surface area contributed by atoms with Crippen molar-refractivity contribution in [2.75, 3.05) is 0 Å². The van der Waals surface area contributed by atoms with Gasteiger partial charge in [0.15, 0.2) is 0 Å². The number of fused-ring (bicyclic) bond motifs is 4. The molecule has 0 saturated carbocycles. The van der Waals surface area contributed by atoms with Crippen LogP contribution in [0.3, 0.4) is 0 Å². The quantitative estimate of drug-likeness (QED) is 0.223. The summed E-state index contributed by atoms with van der Waals surface area (Å²) in [5.74, 6) is 0.555. The van der Waals surface area contributed by atoms with Crippen molar-refractivity contribution in [2.45, 2.75) is 51.1 Å². The average molecular weight is 574 g/mol. The van der Waals surface area contributed by atoms with Gasteiger partial charge in [0.1, 0.15) is 0 Å². The summed E-state index contributed by atoms with van der Waals surface area (Å²) in [5, 5.41) is 2.73. The van der Waals surface area contributed by atoms with E-state index in [1.807, 2.05) is 3.28 Å². The van der Waals surface area contributed by atoms with Crippen molar-refractivity contribution >= 4 is 14.5 Å². The molecule has 0 aliphatic heterocycles. The van der Waals surface area contributed by atoms with Gasteiger partial charge in [-0.3, -0.25) is 0 Å². The summed E-state index contributed by atoms with van der Waals surface area (Å²) in [6.07, 6.45) is 4.97. The molecule has 190 valence electrons. The molecule has 0 nitrogen and oxygen atoms in total. The minimum absolute atomic E-state index is 0.166. The number of hydrogen-bond acceptors (Lipinski definition) is 0. The van der Waals surface area contributed by atoms with Gasteiger partial charge < -0.3 is 0 Å². The van der Waals surface area contributed by atoms with Crippen molar-refractivity contribution in [1.82, 2.24) is 0 Å². The molecule has 1 unspecified atom stereocenters. The van der Waals surface area contributed by atoms with Crippen molar-refractivity contribution in [3.05, 3.63) is 128 Å². The third kappa shape index (κ3) is 4.28. The molecule has 0 bridgehead atoms. The Morgan fingerprint density at radius 1 is 0.737 bits per heavy atom. The maximum absolute atomic E-state index is 2.82. The first-order chi connectivity index (χ1) is 18.4. The van der Waals surface area contributed by atoms with Crippen LogP contribution in [0.4, 0.5) is 0 Å². The molecular formula is C37H38Zr. The first kappa shape index (κ1) is 25.6. The molecule has 0 radical (unpaired) electrons. The molecule has 0 saturated heterocycles. The first-order valence-corrected chi connectivity index (χ1v) is 18.3. The molecule has 1 heteroatoms. The summed E-state index contributed by atoms with van der Waals surface area (Å²) in [7, 11) is 0. The van der Waals surface area contributed by atoms with E-state index in [1.54, 1.807) is 22.3 Å². The zero-order valence-electron chi connectivity index (χ0n) is 23.4. The summed E-state index contributed by atoms with van der Waals surface area (Å²) in [5.41, 5.74) is 10.9. The Labute approximate surface area is 236 Å². The fraction of sp³-hybridized carbons (Fsp3) is 0.270. The van der Waals surface area contributed by atoms with Crippen molar-refractivity contribution in [3.63, 3.8) is 0 Å². The van der Waals surface area contributed by atoms with Crippen LogP contribution < -0.4 is 0 Å². The van der Waals surface area contributed by atoms with Crippen molar-refractivity contribution < 1.29 is 21.3 Å². The molecular weight excluding hydrogens is 536 g/mol. The predicted molar refractivity (Wildman–Crippen MR) is 161 cm³/mol. The van der Waals surface area contributed by atoms with E-state index in [0.29, 0.717) is 9.54 Å². The first-order valence-electron chi connectivity index (χ1n) is 14.3. The third-order valence-electron chi connectivity index (χ3n) is 8.58. The van der Waals surface area contributed by atoms with E-state index in [-0.39, 0.29) is 5.41 Å². The molecule has 0 fully saturated rings. The van der Waals surface area contributed by atoms with E-state index >= 15 is 0 Å². The van der Waals surface area contributed by atoms with Crippen LogP contribution >= 0.6 is 0 Å². The fourth-order valence-corrected chi connectivity index (χ4v) is 16.2. The van der Waals surface area contributed by atoms with Crippen molar-refractivity contribution in [2.24, 2.45) is 11.3 Å².